The molecule has 5 aliphatic heterocycles. The van der Waals surface area contributed by atoms with E-state index in [-0.39, 0.29) is 24.1 Å². The molecular formula is C49H61N11O5. The number of aromatic nitrogens is 3. The van der Waals surface area contributed by atoms with Crippen molar-refractivity contribution in [2.24, 2.45) is 5.92 Å². The zero-order valence-corrected chi connectivity index (χ0v) is 37.6. The highest BCUT2D eigenvalue weighted by Gasteiger charge is 2.39. The molecule has 1 aromatic carbocycles. The minimum Gasteiger partial charge on any atom is -0.492 e. The molecule has 1 N–H and O–H groups in total. The van der Waals surface area contributed by atoms with E-state index in [2.05, 4.69) is 59.2 Å². The monoisotopic (exact) mass is 883 g/mol. The summed E-state index contributed by atoms with van der Waals surface area (Å²) in [5, 5.41) is 16.4. The van der Waals surface area contributed by atoms with Gasteiger partial charge in [0.05, 0.1) is 30.1 Å². The molecule has 4 saturated heterocycles. The van der Waals surface area contributed by atoms with Crippen LogP contribution in [-0.4, -0.2) is 149 Å². The Labute approximate surface area is 381 Å². The number of pyridine rings is 2. The van der Waals surface area contributed by atoms with Crippen molar-refractivity contribution < 1.29 is 23.9 Å². The highest BCUT2D eigenvalue weighted by atomic mass is 16.5. The summed E-state index contributed by atoms with van der Waals surface area (Å²) >= 11 is 0. The molecule has 9 rings (SSSR count). The predicted octanol–water partition coefficient (Wildman–Crippen LogP) is 4.56. The lowest BCUT2D eigenvalue weighted by molar-refractivity contribution is -0.137. The molecule has 342 valence electrons. The highest BCUT2D eigenvalue weighted by Crippen LogP contribution is 2.33. The maximum Gasteiger partial charge on any atom is 0.255 e. The van der Waals surface area contributed by atoms with E-state index < -0.39 is 6.04 Å². The number of unbranched alkanes of at least 4 members (excludes halogenated alkanes) is 3. The fourth-order valence-corrected chi connectivity index (χ4v) is 10.4. The van der Waals surface area contributed by atoms with Crippen LogP contribution in [0.25, 0.3) is 16.6 Å². The number of carbonyl (C=O) groups excluding carboxylic acids is 4. The van der Waals surface area contributed by atoms with Crippen molar-refractivity contribution in [3.05, 3.63) is 71.7 Å². The predicted molar refractivity (Wildman–Crippen MR) is 246 cm³/mol. The summed E-state index contributed by atoms with van der Waals surface area (Å²) in [7, 11) is 0. The molecular weight excluding hydrogens is 823 g/mol. The summed E-state index contributed by atoms with van der Waals surface area (Å²) in [5.41, 5.74) is 5.77. The van der Waals surface area contributed by atoms with Crippen LogP contribution >= 0.6 is 0 Å². The Bertz CT molecular complexity index is 2410. The first-order chi connectivity index (χ1) is 31.7. The van der Waals surface area contributed by atoms with E-state index in [1.165, 1.54) is 0 Å². The molecule has 0 radical (unpaired) electrons. The van der Waals surface area contributed by atoms with E-state index >= 15 is 0 Å². The van der Waals surface area contributed by atoms with E-state index in [0.717, 1.165) is 151 Å². The van der Waals surface area contributed by atoms with Crippen LogP contribution in [-0.2, 0) is 20.9 Å². The SMILES string of the molecule is CCOc1cc(-c2ccc(N3CCC(CN4CCN(C(=O)CCCCCCN5CCN(c6ccc7c(c6)CN(C6CCC(=O)NC6=O)C7=O)CC5)CC4)CC3)nc2)c2c(C#N)cnn2c1. The lowest BCUT2D eigenvalue weighted by Gasteiger charge is -2.39. The van der Waals surface area contributed by atoms with Crippen molar-refractivity contribution in [1.29, 1.82) is 5.26 Å². The Hall–Kier alpha value is -6.05. The molecule has 1 atom stereocenters. The lowest BCUT2D eigenvalue weighted by Crippen LogP contribution is -2.52. The smallest absolute Gasteiger partial charge is 0.255 e. The van der Waals surface area contributed by atoms with E-state index in [0.29, 0.717) is 54.7 Å². The van der Waals surface area contributed by atoms with Crippen molar-refractivity contribution in [3.63, 3.8) is 0 Å². The number of hydrogen-bond donors (Lipinski definition) is 1. The number of nitrogens with one attached hydrogen (secondary N) is 1. The van der Waals surface area contributed by atoms with Crippen molar-refractivity contribution in [2.75, 3.05) is 94.9 Å². The number of carbonyl (C=O) groups is 4. The molecule has 1 unspecified atom stereocenters. The van der Waals surface area contributed by atoms with Gasteiger partial charge >= 0.3 is 0 Å². The van der Waals surface area contributed by atoms with E-state index in [1.807, 2.05) is 31.3 Å². The number of rotatable bonds is 15. The topological polar surface area (TPSA) is 163 Å². The number of imide groups is 1. The third-order valence-corrected chi connectivity index (χ3v) is 14.1. The fourth-order valence-electron chi connectivity index (χ4n) is 10.4. The van der Waals surface area contributed by atoms with E-state index in [1.54, 1.807) is 21.8 Å². The molecule has 16 heteroatoms. The van der Waals surface area contributed by atoms with Crippen LogP contribution in [0.5, 0.6) is 5.75 Å². The fraction of sp³-hybridized carbons (Fsp3) is 0.531. The van der Waals surface area contributed by atoms with Gasteiger partial charge in [-0.05, 0) is 93.5 Å². The quantitative estimate of drug-likeness (QED) is 0.131. The maximum absolute atomic E-state index is 13.1. The molecule has 0 spiro atoms. The number of anilines is 2. The molecule has 0 saturated carbocycles. The van der Waals surface area contributed by atoms with Crippen LogP contribution in [0.15, 0.2) is 55.0 Å². The summed E-state index contributed by atoms with van der Waals surface area (Å²) < 4.78 is 7.49. The number of hydrogen-bond acceptors (Lipinski definition) is 12. The minimum atomic E-state index is -0.596. The van der Waals surface area contributed by atoms with Crippen molar-refractivity contribution >= 4 is 40.7 Å². The second-order valence-electron chi connectivity index (χ2n) is 18.2. The zero-order chi connectivity index (χ0) is 44.9. The molecule has 0 aliphatic carbocycles. The van der Waals surface area contributed by atoms with Gasteiger partial charge in [0.1, 0.15) is 23.7 Å². The van der Waals surface area contributed by atoms with Gasteiger partial charge in [-0.1, -0.05) is 12.8 Å². The number of nitriles is 1. The number of piperazine rings is 2. The largest absolute Gasteiger partial charge is 0.492 e. The van der Waals surface area contributed by atoms with Crippen LogP contribution in [0.4, 0.5) is 11.5 Å². The van der Waals surface area contributed by atoms with E-state index in [9.17, 15) is 24.4 Å². The Balaban J connectivity index is 0.630. The average Bonchev–Trinajstić information content (AvgIpc) is 3.90. The summed E-state index contributed by atoms with van der Waals surface area (Å²) in [5.74, 6) is 1.81. The number of fused-ring (bicyclic) bond motifs is 2. The average molecular weight is 884 g/mol. The molecule has 4 fully saturated rings. The Morgan fingerprint density at radius 3 is 2.37 bits per heavy atom. The summed E-state index contributed by atoms with van der Waals surface area (Å²) in [4.78, 5) is 68.6. The molecule has 4 amide bonds. The third kappa shape index (κ3) is 9.96. The maximum atomic E-state index is 13.1. The number of nitrogens with zero attached hydrogens (tertiary/aromatic N) is 10. The van der Waals surface area contributed by atoms with Gasteiger partial charge in [-0.3, -0.25) is 34.3 Å². The van der Waals surface area contributed by atoms with Crippen LogP contribution in [0.3, 0.4) is 0 Å². The normalized spacial score (nSPS) is 20.1. The van der Waals surface area contributed by atoms with Crippen LogP contribution in [0.2, 0.25) is 0 Å². The van der Waals surface area contributed by atoms with Gasteiger partial charge in [-0.15, -0.1) is 0 Å². The molecule has 65 heavy (non-hydrogen) atoms. The lowest BCUT2D eigenvalue weighted by atomic mass is 9.95. The van der Waals surface area contributed by atoms with Gasteiger partial charge in [0.15, 0.2) is 0 Å². The van der Waals surface area contributed by atoms with Crippen molar-refractivity contribution in [3.8, 4) is 22.9 Å². The van der Waals surface area contributed by atoms with Gasteiger partial charge in [0.25, 0.3) is 5.91 Å². The Kier molecular flexibility index (Phi) is 13.6. The minimum absolute atomic E-state index is 0.135. The van der Waals surface area contributed by atoms with Gasteiger partial charge < -0.3 is 24.3 Å². The standard InChI is InChI=1S/C49H61N11O5/c1-2-65-40-28-42(47-38(29-50)31-52-60(47)34-40)36-8-12-44(51-30-36)57-17-14-35(15-18-57)32-55-21-25-58(26-22-55)46(62)7-5-3-4-6-16-54-19-23-56(24-20-54)39-9-10-41-37(27-39)33-59(49(41)64)43-11-13-45(61)53-48(43)63/h8-10,12,27-28,30-31,34-35,43H,2-7,11,13-26,32-33H2,1H3,(H,53,61,63). The van der Waals surface area contributed by atoms with Crippen molar-refractivity contribution in [2.45, 2.75) is 77.3 Å². The van der Waals surface area contributed by atoms with E-state index in [4.69, 9.17) is 9.72 Å². The first kappa shape index (κ1) is 44.2. The van der Waals surface area contributed by atoms with Gasteiger partial charge in [0, 0.05) is 120 Å². The van der Waals surface area contributed by atoms with Crippen LogP contribution in [0, 0.1) is 17.2 Å². The molecule has 0 bridgehead atoms. The first-order valence-corrected chi connectivity index (χ1v) is 23.7. The summed E-state index contributed by atoms with van der Waals surface area (Å²) in [6.07, 6.45) is 13.1. The summed E-state index contributed by atoms with van der Waals surface area (Å²) in [6, 6.07) is 13.8. The zero-order valence-electron chi connectivity index (χ0n) is 37.6. The second kappa shape index (κ2) is 20.0. The molecule has 8 heterocycles. The number of benzene rings is 1. The number of amides is 4. The van der Waals surface area contributed by atoms with Crippen molar-refractivity contribution in [1.82, 2.24) is 39.5 Å². The van der Waals surface area contributed by atoms with Gasteiger partial charge in [-0.2, -0.15) is 10.4 Å². The third-order valence-electron chi connectivity index (χ3n) is 14.1. The first-order valence-electron chi connectivity index (χ1n) is 23.7. The van der Waals surface area contributed by atoms with Crippen LogP contribution in [0.1, 0.15) is 86.2 Å². The number of ether oxygens (including phenoxy) is 1. The summed E-state index contributed by atoms with van der Waals surface area (Å²) in [6.45, 7) is 14.3. The second-order valence-corrected chi connectivity index (χ2v) is 18.2. The highest BCUT2D eigenvalue weighted by molar-refractivity contribution is 6.05. The molecule has 16 nitrogen and oxygen atoms in total. The molecule has 5 aliphatic rings. The Morgan fingerprint density at radius 1 is 0.846 bits per heavy atom. The van der Waals surface area contributed by atoms with Gasteiger partial charge in [-0.25, -0.2) is 9.50 Å². The van der Waals surface area contributed by atoms with Gasteiger partial charge in [0.2, 0.25) is 17.7 Å². The number of piperidine rings is 2. The molecule has 3 aromatic heterocycles. The van der Waals surface area contributed by atoms with Crippen LogP contribution < -0.4 is 19.9 Å². The molecule has 4 aromatic rings. The Morgan fingerprint density at radius 2 is 1.63 bits per heavy atom.